The molecule has 3 unspecified atom stereocenters. The number of carbonyl (C=O) groups excluding carboxylic acids is 1. The van der Waals surface area contributed by atoms with Crippen molar-refractivity contribution in [1.82, 2.24) is 4.90 Å². The Morgan fingerprint density at radius 2 is 1.58 bits per heavy atom. The topological polar surface area (TPSA) is 46.3 Å². The predicted octanol–water partition coefficient (Wildman–Crippen LogP) is 2.79. The lowest BCUT2D eigenvalue weighted by molar-refractivity contribution is -0.139. The molecule has 0 aromatic carbocycles. The molecule has 2 fully saturated rings. The lowest BCUT2D eigenvalue weighted by Gasteiger charge is -2.39. The lowest BCUT2D eigenvalue weighted by atomic mass is 9.78. The van der Waals surface area contributed by atoms with Crippen LogP contribution in [0.3, 0.4) is 0 Å². The average molecular weight is 266 g/mol. The van der Waals surface area contributed by atoms with E-state index in [1.807, 2.05) is 11.9 Å². The van der Waals surface area contributed by atoms with E-state index in [-0.39, 0.29) is 12.0 Å². The van der Waals surface area contributed by atoms with Crippen LogP contribution in [-0.4, -0.2) is 29.9 Å². The second-order valence-corrected chi connectivity index (χ2v) is 7.05. The predicted molar refractivity (Wildman–Crippen MR) is 78.7 cm³/mol. The maximum absolute atomic E-state index is 12.7. The summed E-state index contributed by atoms with van der Waals surface area (Å²) in [7, 11) is 2.00. The van der Waals surface area contributed by atoms with Crippen LogP contribution in [0.4, 0.5) is 0 Å². The molecule has 0 aliphatic heterocycles. The van der Waals surface area contributed by atoms with Gasteiger partial charge in [-0.1, -0.05) is 13.8 Å². The summed E-state index contributed by atoms with van der Waals surface area (Å²) in [5.74, 6) is 1.84. The third-order valence-corrected chi connectivity index (χ3v) is 5.36. The molecule has 19 heavy (non-hydrogen) atoms. The van der Waals surface area contributed by atoms with Gasteiger partial charge in [0.05, 0.1) is 5.92 Å². The molecule has 0 aromatic rings. The van der Waals surface area contributed by atoms with Gasteiger partial charge in [0.25, 0.3) is 0 Å². The van der Waals surface area contributed by atoms with Crippen molar-refractivity contribution in [2.45, 2.75) is 70.9 Å². The lowest BCUT2D eigenvalue weighted by Crippen LogP contribution is -2.49. The van der Waals surface area contributed by atoms with E-state index >= 15 is 0 Å². The molecule has 0 spiro atoms. The number of hydrogen-bond acceptors (Lipinski definition) is 2. The normalized spacial score (nSPS) is 39.9. The maximum atomic E-state index is 12.7. The van der Waals surface area contributed by atoms with Crippen LogP contribution in [0.25, 0.3) is 0 Å². The Hall–Kier alpha value is -0.570. The molecule has 0 bridgehead atoms. The minimum atomic E-state index is 0.0631. The molecule has 0 radical (unpaired) electrons. The Morgan fingerprint density at radius 1 is 1.00 bits per heavy atom. The van der Waals surface area contributed by atoms with Crippen molar-refractivity contribution in [3.63, 3.8) is 0 Å². The van der Waals surface area contributed by atoms with Gasteiger partial charge in [-0.05, 0) is 56.8 Å². The van der Waals surface area contributed by atoms with E-state index in [9.17, 15) is 4.79 Å². The van der Waals surface area contributed by atoms with E-state index in [1.54, 1.807) is 0 Å². The summed E-state index contributed by atoms with van der Waals surface area (Å²) in [5, 5.41) is 0. The third kappa shape index (κ3) is 3.50. The molecule has 3 nitrogen and oxygen atoms in total. The molecule has 110 valence electrons. The molecule has 0 saturated heterocycles. The quantitative estimate of drug-likeness (QED) is 0.835. The van der Waals surface area contributed by atoms with Crippen LogP contribution in [0.2, 0.25) is 0 Å². The van der Waals surface area contributed by atoms with E-state index < -0.39 is 0 Å². The molecule has 0 aromatic heterocycles. The minimum absolute atomic E-state index is 0.0631. The minimum Gasteiger partial charge on any atom is -0.342 e. The van der Waals surface area contributed by atoms with Crippen LogP contribution < -0.4 is 5.73 Å². The molecule has 2 aliphatic rings. The van der Waals surface area contributed by atoms with E-state index in [2.05, 4.69) is 13.8 Å². The van der Waals surface area contributed by atoms with E-state index in [4.69, 9.17) is 5.73 Å². The van der Waals surface area contributed by atoms with Crippen LogP contribution in [0.1, 0.15) is 58.8 Å². The molecule has 2 N–H and O–H groups in total. The highest BCUT2D eigenvalue weighted by Crippen LogP contribution is 2.32. The molecule has 2 aliphatic carbocycles. The zero-order chi connectivity index (χ0) is 14.0. The van der Waals surface area contributed by atoms with Gasteiger partial charge < -0.3 is 10.6 Å². The number of carbonyl (C=O) groups is 1. The first-order valence-corrected chi connectivity index (χ1v) is 8.01. The van der Waals surface area contributed by atoms with Gasteiger partial charge in [-0.25, -0.2) is 0 Å². The highest BCUT2D eigenvalue weighted by molar-refractivity contribution is 5.79. The van der Waals surface area contributed by atoms with Crippen LogP contribution in [0, 0.1) is 17.8 Å². The second-order valence-electron chi connectivity index (χ2n) is 7.05. The summed E-state index contributed by atoms with van der Waals surface area (Å²) in [6.07, 6.45) is 8.02. The summed E-state index contributed by atoms with van der Waals surface area (Å²) < 4.78 is 0. The highest BCUT2D eigenvalue weighted by Gasteiger charge is 2.35. The van der Waals surface area contributed by atoms with Gasteiger partial charge in [0, 0.05) is 19.1 Å². The number of hydrogen-bond donors (Lipinski definition) is 1. The van der Waals surface area contributed by atoms with Gasteiger partial charge in [-0.2, -0.15) is 0 Å². The summed E-state index contributed by atoms with van der Waals surface area (Å²) in [6.45, 7) is 4.56. The fraction of sp³-hybridized carbons (Fsp3) is 0.938. The van der Waals surface area contributed by atoms with Crippen molar-refractivity contribution in [3.05, 3.63) is 0 Å². The Labute approximate surface area is 117 Å². The smallest absolute Gasteiger partial charge is 0.227 e. The van der Waals surface area contributed by atoms with Gasteiger partial charge in [-0.15, -0.1) is 0 Å². The first-order chi connectivity index (χ1) is 8.99. The molecule has 2 rings (SSSR count). The third-order valence-electron chi connectivity index (χ3n) is 5.36. The standard InChI is InChI=1S/C16H30N2O/c1-11-4-7-13(8-5-11)18(3)16(19)14-10-12(2)6-9-15(14)17/h11-15H,4-10,17H2,1-3H3. The Bertz CT molecular complexity index is 310. The zero-order valence-electron chi connectivity index (χ0n) is 12.8. The summed E-state index contributed by atoms with van der Waals surface area (Å²) >= 11 is 0. The van der Waals surface area contributed by atoms with Gasteiger partial charge in [0.2, 0.25) is 5.91 Å². The van der Waals surface area contributed by atoms with E-state index in [1.165, 1.54) is 32.1 Å². The Kier molecular flexibility index (Phi) is 4.88. The number of amides is 1. The van der Waals surface area contributed by atoms with Crippen molar-refractivity contribution in [2.24, 2.45) is 23.5 Å². The average Bonchev–Trinajstić information content (AvgIpc) is 2.41. The molecular weight excluding hydrogens is 236 g/mol. The monoisotopic (exact) mass is 266 g/mol. The van der Waals surface area contributed by atoms with Crippen LogP contribution in [0.5, 0.6) is 0 Å². The van der Waals surface area contributed by atoms with Crippen molar-refractivity contribution >= 4 is 5.91 Å². The van der Waals surface area contributed by atoms with Crippen molar-refractivity contribution in [2.75, 3.05) is 7.05 Å². The molecule has 3 atom stereocenters. The van der Waals surface area contributed by atoms with Crippen LogP contribution >= 0.6 is 0 Å². The van der Waals surface area contributed by atoms with Gasteiger partial charge in [0.15, 0.2) is 0 Å². The summed E-state index contributed by atoms with van der Waals surface area (Å²) in [6, 6.07) is 0.529. The highest BCUT2D eigenvalue weighted by atomic mass is 16.2. The first kappa shape index (κ1) is 14.8. The first-order valence-electron chi connectivity index (χ1n) is 8.01. The van der Waals surface area contributed by atoms with Gasteiger partial charge in [-0.3, -0.25) is 4.79 Å². The van der Waals surface area contributed by atoms with Crippen molar-refractivity contribution < 1.29 is 4.79 Å². The summed E-state index contributed by atoms with van der Waals surface area (Å²) in [4.78, 5) is 14.7. The van der Waals surface area contributed by atoms with Crippen molar-refractivity contribution in [3.8, 4) is 0 Å². The van der Waals surface area contributed by atoms with Gasteiger partial charge in [0.1, 0.15) is 0 Å². The maximum Gasteiger partial charge on any atom is 0.227 e. The Balaban J connectivity index is 1.94. The fourth-order valence-electron chi connectivity index (χ4n) is 3.76. The van der Waals surface area contributed by atoms with E-state index in [0.29, 0.717) is 17.9 Å². The molecule has 1 amide bonds. The van der Waals surface area contributed by atoms with Crippen LogP contribution in [-0.2, 0) is 4.79 Å². The number of rotatable bonds is 2. The van der Waals surface area contributed by atoms with E-state index in [0.717, 1.165) is 18.8 Å². The largest absolute Gasteiger partial charge is 0.342 e. The summed E-state index contributed by atoms with van der Waals surface area (Å²) in [5.41, 5.74) is 6.18. The zero-order valence-corrected chi connectivity index (χ0v) is 12.8. The SMILES string of the molecule is CC1CCC(N(C)C(=O)C2CC(C)CCC2N)CC1. The van der Waals surface area contributed by atoms with Crippen molar-refractivity contribution in [1.29, 1.82) is 0 Å². The molecule has 0 heterocycles. The van der Waals surface area contributed by atoms with Gasteiger partial charge >= 0.3 is 0 Å². The molecular formula is C16H30N2O. The second kappa shape index (κ2) is 6.25. The fourth-order valence-corrected chi connectivity index (χ4v) is 3.76. The van der Waals surface area contributed by atoms with Crippen LogP contribution in [0.15, 0.2) is 0 Å². The number of nitrogens with zero attached hydrogens (tertiary/aromatic N) is 1. The Morgan fingerprint density at radius 3 is 2.21 bits per heavy atom. The molecule has 2 saturated carbocycles. The molecule has 3 heteroatoms. The number of nitrogens with two attached hydrogens (primary N) is 1.